The van der Waals surface area contributed by atoms with Gasteiger partial charge in [0.2, 0.25) is 0 Å². The number of phosphoric acid groups is 2. The molecule has 0 aromatic carbocycles. The van der Waals surface area contributed by atoms with E-state index in [9.17, 15) is 43.2 Å². The van der Waals surface area contributed by atoms with E-state index >= 15 is 0 Å². The Morgan fingerprint density at radius 3 is 0.858 bits per heavy atom. The number of aliphatic hydroxyl groups is 1. The largest absolute Gasteiger partial charge is 0.472 e. The normalized spacial score (nSPS) is 14.5. The van der Waals surface area contributed by atoms with Crippen LogP contribution in [-0.2, 0) is 65.4 Å². The Kier molecular flexibility index (Phi) is 74.8. The lowest BCUT2D eigenvalue weighted by Gasteiger charge is -2.21. The Hall–Kier alpha value is -4.80. The monoisotopic (exact) mass is 1530 g/mol. The summed E-state index contributed by atoms with van der Waals surface area (Å²) in [6.07, 6.45) is 88.7. The maximum absolute atomic E-state index is 13.1. The number of carbonyl (C=O) groups is 4. The van der Waals surface area contributed by atoms with Crippen molar-refractivity contribution in [2.75, 3.05) is 39.6 Å². The van der Waals surface area contributed by atoms with Crippen LogP contribution in [-0.4, -0.2) is 96.7 Å². The molecule has 0 amide bonds. The Balaban J connectivity index is 5.47. The second-order valence-corrected chi connectivity index (χ2v) is 30.2. The van der Waals surface area contributed by atoms with E-state index < -0.39 is 97.5 Å². The van der Waals surface area contributed by atoms with Crippen molar-refractivity contribution in [3.8, 4) is 0 Å². The van der Waals surface area contributed by atoms with Gasteiger partial charge in [0.05, 0.1) is 26.4 Å². The van der Waals surface area contributed by atoms with Crippen molar-refractivity contribution >= 4 is 39.5 Å². The van der Waals surface area contributed by atoms with Gasteiger partial charge in [0, 0.05) is 25.7 Å². The van der Waals surface area contributed by atoms with E-state index in [0.29, 0.717) is 32.1 Å². The molecule has 0 rings (SSSR count). The van der Waals surface area contributed by atoms with Gasteiger partial charge in [-0.05, 0) is 135 Å². The number of carbonyl (C=O) groups excluding carboxylic acids is 4. The molecule has 0 saturated heterocycles. The number of esters is 4. The molecule has 106 heavy (non-hydrogen) atoms. The van der Waals surface area contributed by atoms with Gasteiger partial charge >= 0.3 is 39.5 Å². The number of allylic oxidation sites excluding steroid dienone is 22. The van der Waals surface area contributed by atoms with Crippen LogP contribution in [0, 0.1) is 0 Å². The fourth-order valence-corrected chi connectivity index (χ4v) is 12.4. The van der Waals surface area contributed by atoms with Crippen LogP contribution in [0.15, 0.2) is 134 Å². The molecule has 0 aliphatic heterocycles. The standard InChI is InChI=1S/C87H148O17P2/c1-5-9-13-17-21-25-29-33-36-38-40-42-45-49-53-57-61-65-69-73-86(91)103-82(77-97-84(89)71-67-63-59-55-51-47-32-28-24-20-16-12-8-4)79-101-105(93,94)99-75-81(88)76-100-106(95,96)102-80-83(78-98-85(90)72-68-64-60-56-52-48-44-35-31-27-23-19-15-11-7-3)104-87(92)74-70-66-62-58-54-50-46-43-41-39-37-34-30-26-22-18-14-10-6-2/h9,13,21-22,25-26,28,32-34,36-37,40-43,49-50,53-54,62,66,81-83,88H,5-8,10-12,14-20,23-24,27,29-31,35,38-39,44-48,51-52,55-61,63-65,67-80H2,1-4H3,(H,93,94)(H,95,96)/b13-9-,25-21-,26-22-,32-28-,36-33-,37-34-,42-40-,43-41-,53-49-,54-50-,66-62-/t81-,82-,83-/m1/s1. The number of hydrogen-bond donors (Lipinski definition) is 3. The predicted molar refractivity (Wildman–Crippen MR) is 436 cm³/mol. The third-order valence-corrected chi connectivity index (χ3v) is 19.0. The number of unbranched alkanes of at least 4 members (excludes halogenated alkanes) is 29. The van der Waals surface area contributed by atoms with E-state index in [-0.39, 0.29) is 25.7 Å². The maximum Gasteiger partial charge on any atom is 0.472 e. The van der Waals surface area contributed by atoms with Crippen molar-refractivity contribution in [3.05, 3.63) is 134 Å². The fourth-order valence-electron chi connectivity index (χ4n) is 10.8. The average Bonchev–Trinajstić information content (AvgIpc) is 0.937. The zero-order chi connectivity index (χ0) is 77.4. The first-order valence-electron chi connectivity index (χ1n) is 41.4. The third kappa shape index (κ3) is 77.4. The van der Waals surface area contributed by atoms with Gasteiger partial charge in [-0.25, -0.2) is 9.13 Å². The number of rotatable bonds is 77. The molecule has 608 valence electrons. The first-order chi connectivity index (χ1) is 51.7. The van der Waals surface area contributed by atoms with Crippen LogP contribution in [0.3, 0.4) is 0 Å². The lowest BCUT2D eigenvalue weighted by atomic mass is 10.0. The van der Waals surface area contributed by atoms with Crippen molar-refractivity contribution in [1.82, 2.24) is 0 Å². The summed E-state index contributed by atoms with van der Waals surface area (Å²) >= 11 is 0. The highest BCUT2D eigenvalue weighted by atomic mass is 31.2. The molecule has 0 radical (unpaired) electrons. The van der Waals surface area contributed by atoms with Crippen LogP contribution in [0.2, 0.25) is 0 Å². The van der Waals surface area contributed by atoms with Gasteiger partial charge in [-0.15, -0.1) is 0 Å². The summed E-state index contributed by atoms with van der Waals surface area (Å²) < 4.78 is 68.6. The van der Waals surface area contributed by atoms with Gasteiger partial charge in [-0.2, -0.15) is 0 Å². The van der Waals surface area contributed by atoms with E-state index in [1.807, 2.05) is 18.2 Å². The molecule has 0 aromatic rings. The second-order valence-electron chi connectivity index (χ2n) is 27.3. The predicted octanol–water partition coefficient (Wildman–Crippen LogP) is 24.4. The van der Waals surface area contributed by atoms with Crippen molar-refractivity contribution < 1.29 is 80.2 Å². The summed E-state index contributed by atoms with van der Waals surface area (Å²) in [7, 11) is -10.0. The summed E-state index contributed by atoms with van der Waals surface area (Å²) in [5, 5.41) is 10.7. The van der Waals surface area contributed by atoms with Gasteiger partial charge in [-0.1, -0.05) is 309 Å². The molecular weight excluding hydrogens is 1380 g/mol. The molecular formula is C87H148O17P2. The van der Waals surface area contributed by atoms with Crippen LogP contribution in [0.4, 0.5) is 0 Å². The molecule has 2 unspecified atom stereocenters. The van der Waals surface area contributed by atoms with Crippen molar-refractivity contribution in [3.63, 3.8) is 0 Å². The first kappa shape index (κ1) is 101. The second kappa shape index (κ2) is 78.3. The Morgan fingerprint density at radius 2 is 0.509 bits per heavy atom. The molecule has 19 heteroatoms. The zero-order valence-corrected chi connectivity index (χ0v) is 68.4. The fraction of sp³-hybridized carbons (Fsp3) is 0.701. The summed E-state index contributed by atoms with van der Waals surface area (Å²) in [5.74, 6) is -2.31. The molecule has 0 aliphatic carbocycles. The Labute approximate surface area is 644 Å². The Bertz CT molecular complexity index is 2530. The highest BCUT2D eigenvalue weighted by molar-refractivity contribution is 7.47. The number of aliphatic hydroxyl groups excluding tert-OH is 1. The third-order valence-electron chi connectivity index (χ3n) is 17.1. The molecule has 0 aliphatic rings. The molecule has 17 nitrogen and oxygen atoms in total. The quantitative estimate of drug-likeness (QED) is 0.0169. The van der Waals surface area contributed by atoms with Gasteiger partial charge in [0.25, 0.3) is 0 Å². The van der Waals surface area contributed by atoms with Crippen LogP contribution in [0.5, 0.6) is 0 Å². The van der Waals surface area contributed by atoms with Crippen molar-refractivity contribution in [2.45, 2.75) is 354 Å². The van der Waals surface area contributed by atoms with E-state index in [1.54, 1.807) is 0 Å². The number of hydrogen-bond acceptors (Lipinski definition) is 15. The van der Waals surface area contributed by atoms with Crippen molar-refractivity contribution in [1.29, 1.82) is 0 Å². The van der Waals surface area contributed by atoms with Crippen LogP contribution in [0.1, 0.15) is 336 Å². The van der Waals surface area contributed by atoms with Gasteiger partial charge in [0.15, 0.2) is 12.2 Å². The topological polar surface area (TPSA) is 237 Å². The SMILES string of the molecule is CC/C=C\C/C=C\C/C=C\C/C=C\C/C=C\CCCCCC(=O)O[C@H](COC(=O)CCCCCCC/C=C\CCCCCC)COP(=O)(O)OC[C@@H](O)COP(=O)(O)OC[C@@H](COC(=O)CCCCCCCCCCCCCCCCC)OC(=O)CC/C=C\C/C=C\C/C=C\C/C=C\C/C=C\CCCCC. The smallest absolute Gasteiger partial charge is 0.462 e. The van der Waals surface area contributed by atoms with Crippen LogP contribution >= 0.6 is 15.6 Å². The van der Waals surface area contributed by atoms with Crippen LogP contribution in [0.25, 0.3) is 0 Å². The minimum Gasteiger partial charge on any atom is -0.462 e. The molecule has 0 saturated carbocycles. The van der Waals surface area contributed by atoms with Gasteiger partial charge in [-0.3, -0.25) is 37.3 Å². The Morgan fingerprint density at radius 1 is 0.274 bits per heavy atom. The summed E-state index contributed by atoms with van der Waals surface area (Å²) in [6.45, 7) is 4.62. The van der Waals surface area contributed by atoms with Crippen LogP contribution < -0.4 is 0 Å². The molecule has 0 spiro atoms. The van der Waals surface area contributed by atoms with E-state index in [1.165, 1.54) is 109 Å². The molecule has 0 bridgehead atoms. The lowest BCUT2D eigenvalue weighted by molar-refractivity contribution is -0.161. The van der Waals surface area contributed by atoms with Gasteiger partial charge in [0.1, 0.15) is 19.3 Å². The van der Waals surface area contributed by atoms with E-state index in [0.717, 1.165) is 141 Å². The summed E-state index contributed by atoms with van der Waals surface area (Å²) in [6, 6.07) is 0. The zero-order valence-electron chi connectivity index (χ0n) is 66.6. The van der Waals surface area contributed by atoms with E-state index in [2.05, 4.69) is 143 Å². The average molecular weight is 1530 g/mol. The number of phosphoric ester groups is 2. The lowest BCUT2D eigenvalue weighted by Crippen LogP contribution is -2.30. The minimum atomic E-state index is -5.00. The van der Waals surface area contributed by atoms with Crippen molar-refractivity contribution in [2.24, 2.45) is 0 Å². The van der Waals surface area contributed by atoms with E-state index in [4.69, 9.17) is 37.0 Å². The molecule has 0 heterocycles. The maximum atomic E-state index is 13.1. The minimum absolute atomic E-state index is 0.0298. The molecule has 3 N–H and O–H groups in total. The summed E-state index contributed by atoms with van der Waals surface area (Å²) in [4.78, 5) is 73.1. The summed E-state index contributed by atoms with van der Waals surface area (Å²) in [5.41, 5.74) is 0. The van der Waals surface area contributed by atoms with Gasteiger partial charge < -0.3 is 33.8 Å². The highest BCUT2D eigenvalue weighted by Crippen LogP contribution is 2.45. The highest BCUT2D eigenvalue weighted by Gasteiger charge is 2.30. The molecule has 0 fully saturated rings. The first-order valence-corrected chi connectivity index (χ1v) is 44.4. The molecule has 0 aromatic heterocycles. The molecule has 5 atom stereocenters. The number of ether oxygens (including phenoxy) is 4.